The lowest BCUT2D eigenvalue weighted by Gasteiger charge is -2.16. The van der Waals surface area contributed by atoms with Crippen LogP contribution in [0.4, 0.5) is 5.82 Å². The van der Waals surface area contributed by atoms with E-state index in [1.165, 1.54) is 25.3 Å². The van der Waals surface area contributed by atoms with Gasteiger partial charge in [-0.15, -0.1) is 0 Å². The number of carbonyl (C=O) groups is 1. The molecule has 0 saturated carbocycles. The molecule has 4 N–H and O–H groups in total. The first-order chi connectivity index (χ1) is 8.72. The number of rotatable bonds is 5. The molecule has 19 heavy (non-hydrogen) atoms. The number of sulfonamides is 1. The first-order valence-electron chi connectivity index (χ1n) is 5.76. The number of aromatic nitrogens is 1. The van der Waals surface area contributed by atoms with Gasteiger partial charge in [-0.3, -0.25) is 4.79 Å². The molecule has 7 nitrogen and oxygen atoms in total. The molecule has 0 radical (unpaired) electrons. The number of nitrogens with one attached hydrogen (secondary N) is 2. The van der Waals surface area contributed by atoms with Gasteiger partial charge in [0.15, 0.2) is 0 Å². The maximum absolute atomic E-state index is 12.0. The number of carbonyl (C=O) groups excluding carboxylic acids is 1. The van der Waals surface area contributed by atoms with Crippen molar-refractivity contribution in [1.29, 1.82) is 0 Å². The van der Waals surface area contributed by atoms with Crippen LogP contribution in [0.1, 0.15) is 20.8 Å². The van der Waals surface area contributed by atoms with Gasteiger partial charge < -0.3 is 11.1 Å². The molecule has 0 aromatic carbocycles. The van der Waals surface area contributed by atoms with Gasteiger partial charge >= 0.3 is 0 Å². The molecule has 1 unspecified atom stereocenters. The molecule has 106 valence electrons. The van der Waals surface area contributed by atoms with Crippen LogP contribution in [0, 0.1) is 0 Å². The Labute approximate surface area is 112 Å². The van der Waals surface area contributed by atoms with Crippen molar-refractivity contribution in [2.24, 2.45) is 0 Å². The summed E-state index contributed by atoms with van der Waals surface area (Å²) in [6, 6.07) is 1.61. The van der Waals surface area contributed by atoms with Crippen LogP contribution in [-0.4, -0.2) is 31.4 Å². The molecule has 1 aromatic heterocycles. The van der Waals surface area contributed by atoms with E-state index in [2.05, 4.69) is 15.0 Å². The van der Waals surface area contributed by atoms with E-state index in [0.29, 0.717) is 0 Å². The van der Waals surface area contributed by atoms with E-state index in [4.69, 9.17) is 5.73 Å². The molecular weight excluding hydrogens is 268 g/mol. The van der Waals surface area contributed by atoms with Crippen molar-refractivity contribution in [2.45, 2.75) is 37.8 Å². The highest BCUT2D eigenvalue weighted by Gasteiger charge is 2.22. The van der Waals surface area contributed by atoms with Crippen LogP contribution in [0.2, 0.25) is 0 Å². The van der Waals surface area contributed by atoms with Gasteiger partial charge in [-0.2, -0.15) is 4.72 Å². The van der Waals surface area contributed by atoms with E-state index >= 15 is 0 Å². The fourth-order valence-corrected chi connectivity index (χ4v) is 2.58. The quantitative estimate of drug-likeness (QED) is 0.696. The SMILES string of the molecule is CC(C)NC(=O)C(C)NS(=O)(=O)c1ccnc(N)c1. The highest BCUT2D eigenvalue weighted by Crippen LogP contribution is 2.10. The predicted octanol–water partition coefficient (Wildman–Crippen LogP) is -0.145. The fraction of sp³-hybridized carbons (Fsp3) is 0.455. The van der Waals surface area contributed by atoms with E-state index in [-0.39, 0.29) is 22.7 Å². The van der Waals surface area contributed by atoms with Gasteiger partial charge in [0, 0.05) is 18.3 Å². The van der Waals surface area contributed by atoms with Crippen LogP contribution in [0.3, 0.4) is 0 Å². The summed E-state index contributed by atoms with van der Waals surface area (Å²) < 4.78 is 26.3. The van der Waals surface area contributed by atoms with Crippen molar-refractivity contribution in [3.05, 3.63) is 18.3 Å². The highest BCUT2D eigenvalue weighted by atomic mass is 32.2. The van der Waals surface area contributed by atoms with E-state index in [1.807, 2.05) is 0 Å². The van der Waals surface area contributed by atoms with Crippen molar-refractivity contribution >= 4 is 21.7 Å². The average molecular weight is 286 g/mol. The normalized spacial score (nSPS) is 13.3. The number of anilines is 1. The zero-order valence-electron chi connectivity index (χ0n) is 11.0. The lowest BCUT2D eigenvalue weighted by atomic mass is 10.3. The van der Waals surface area contributed by atoms with Gasteiger partial charge in [0.2, 0.25) is 15.9 Å². The molecule has 0 aliphatic carbocycles. The number of amides is 1. The Kier molecular flexibility index (Phi) is 4.84. The summed E-state index contributed by atoms with van der Waals surface area (Å²) in [6.07, 6.45) is 1.29. The van der Waals surface area contributed by atoms with Gasteiger partial charge in [-0.25, -0.2) is 13.4 Å². The summed E-state index contributed by atoms with van der Waals surface area (Å²) in [5.41, 5.74) is 5.43. The number of hydrogen-bond donors (Lipinski definition) is 3. The van der Waals surface area contributed by atoms with Crippen LogP contribution < -0.4 is 15.8 Å². The smallest absolute Gasteiger partial charge is 0.241 e. The van der Waals surface area contributed by atoms with Crippen molar-refractivity contribution in [3.8, 4) is 0 Å². The number of nitrogen functional groups attached to an aromatic ring is 1. The molecule has 0 bridgehead atoms. The van der Waals surface area contributed by atoms with Gasteiger partial charge in [-0.05, 0) is 26.8 Å². The second-order valence-corrected chi connectivity index (χ2v) is 6.14. The summed E-state index contributed by atoms with van der Waals surface area (Å²) in [5.74, 6) is -0.289. The number of hydrogen-bond acceptors (Lipinski definition) is 5. The van der Waals surface area contributed by atoms with Gasteiger partial charge in [0.05, 0.1) is 10.9 Å². The maximum atomic E-state index is 12.0. The molecule has 0 aliphatic rings. The van der Waals surface area contributed by atoms with Gasteiger partial charge in [-0.1, -0.05) is 0 Å². The lowest BCUT2D eigenvalue weighted by molar-refractivity contribution is -0.122. The minimum Gasteiger partial charge on any atom is -0.384 e. The highest BCUT2D eigenvalue weighted by molar-refractivity contribution is 7.89. The summed E-state index contributed by atoms with van der Waals surface area (Å²) in [7, 11) is -3.79. The van der Waals surface area contributed by atoms with E-state index in [9.17, 15) is 13.2 Å². The van der Waals surface area contributed by atoms with Crippen LogP contribution >= 0.6 is 0 Å². The zero-order chi connectivity index (χ0) is 14.6. The van der Waals surface area contributed by atoms with Crippen molar-refractivity contribution in [3.63, 3.8) is 0 Å². The predicted molar refractivity (Wildman–Crippen MR) is 71.7 cm³/mol. The van der Waals surface area contributed by atoms with Crippen LogP contribution in [0.15, 0.2) is 23.2 Å². The van der Waals surface area contributed by atoms with Crippen LogP contribution in [0.5, 0.6) is 0 Å². The molecular formula is C11H18N4O3S. The average Bonchev–Trinajstić information content (AvgIpc) is 2.27. The summed E-state index contributed by atoms with van der Waals surface area (Å²) in [5, 5.41) is 2.63. The molecule has 0 fully saturated rings. The molecule has 0 saturated heterocycles. The van der Waals surface area contributed by atoms with Gasteiger partial charge in [0.1, 0.15) is 5.82 Å². The second-order valence-electron chi connectivity index (χ2n) is 4.42. The number of nitrogens with two attached hydrogens (primary N) is 1. The summed E-state index contributed by atoms with van der Waals surface area (Å²) in [6.45, 7) is 5.06. The molecule has 1 amide bonds. The molecule has 0 spiro atoms. The van der Waals surface area contributed by atoms with Crippen molar-refractivity contribution in [2.75, 3.05) is 5.73 Å². The molecule has 1 rings (SSSR count). The topological polar surface area (TPSA) is 114 Å². The number of pyridine rings is 1. The third kappa shape index (κ3) is 4.49. The zero-order valence-corrected chi connectivity index (χ0v) is 11.9. The molecule has 0 aliphatic heterocycles. The largest absolute Gasteiger partial charge is 0.384 e. The maximum Gasteiger partial charge on any atom is 0.241 e. The standard InChI is InChI=1S/C11H18N4O3S/c1-7(2)14-11(16)8(3)15-19(17,18)9-4-5-13-10(12)6-9/h4-8,15H,1-3H3,(H2,12,13)(H,14,16). The van der Waals surface area contributed by atoms with Crippen LogP contribution in [0.25, 0.3) is 0 Å². The molecule has 1 atom stereocenters. The fourth-order valence-electron chi connectivity index (χ4n) is 1.36. The molecule has 8 heteroatoms. The van der Waals surface area contributed by atoms with E-state index in [0.717, 1.165) is 0 Å². The Morgan fingerprint density at radius 1 is 1.37 bits per heavy atom. The Morgan fingerprint density at radius 3 is 2.53 bits per heavy atom. The Bertz CT molecular complexity index is 557. The lowest BCUT2D eigenvalue weighted by Crippen LogP contribution is -2.46. The van der Waals surface area contributed by atoms with Crippen molar-refractivity contribution < 1.29 is 13.2 Å². The van der Waals surface area contributed by atoms with Crippen LogP contribution in [-0.2, 0) is 14.8 Å². The molecule has 1 heterocycles. The number of nitrogens with zero attached hydrogens (tertiary/aromatic N) is 1. The third-order valence-corrected chi connectivity index (χ3v) is 3.76. The van der Waals surface area contributed by atoms with E-state index in [1.54, 1.807) is 13.8 Å². The van der Waals surface area contributed by atoms with Gasteiger partial charge in [0.25, 0.3) is 0 Å². The Hall–Kier alpha value is -1.67. The van der Waals surface area contributed by atoms with Crippen molar-refractivity contribution in [1.82, 2.24) is 15.0 Å². The Morgan fingerprint density at radius 2 is 2.00 bits per heavy atom. The second kappa shape index (κ2) is 5.98. The first-order valence-corrected chi connectivity index (χ1v) is 7.25. The third-order valence-electron chi connectivity index (χ3n) is 2.22. The summed E-state index contributed by atoms with van der Waals surface area (Å²) >= 11 is 0. The summed E-state index contributed by atoms with van der Waals surface area (Å²) in [4.78, 5) is 15.3. The van der Waals surface area contributed by atoms with E-state index < -0.39 is 16.1 Å². The minimum absolute atomic E-state index is 0.0239. The monoisotopic (exact) mass is 286 g/mol. The Balaban J connectivity index is 2.83. The minimum atomic E-state index is -3.79. The first kappa shape index (κ1) is 15.4. The molecule has 1 aromatic rings.